The van der Waals surface area contributed by atoms with E-state index in [0.717, 1.165) is 24.3 Å². The molecule has 0 aromatic carbocycles. The molecule has 1 saturated carbocycles. The molecule has 1 N–H and O–H groups in total. The Morgan fingerprint density at radius 3 is 3.00 bits per heavy atom. The molecule has 3 aromatic heterocycles. The van der Waals surface area contributed by atoms with Crippen LogP contribution in [0.3, 0.4) is 0 Å². The Balaban J connectivity index is 1.63. The van der Waals surface area contributed by atoms with E-state index in [2.05, 4.69) is 21.3 Å². The van der Waals surface area contributed by atoms with Gasteiger partial charge in [0.25, 0.3) is 5.91 Å². The van der Waals surface area contributed by atoms with Gasteiger partial charge in [-0.2, -0.15) is 0 Å². The minimum atomic E-state index is -0.0216. The smallest absolute Gasteiger partial charge is 0.268 e. The molecular weight excluding hydrogens is 296 g/mol. The van der Waals surface area contributed by atoms with Crippen LogP contribution in [0, 0.1) is 0 Å². The van der Waals surface area contributed by atoms with Gasteiger partial charge in [0.15, 0.2) is 0 Å². The number of hydrogen-bond acceptors (Lipinski definition) is 3. The first-order valence-corrected chi connectivity index (χ1v) is 8.60. The van der Waals surface area contributed by atoms with Crippen LogP contribution in [0.1, 0.15) is 48.0 Å². The molecule has 4 nitrogen and oxygen atoms in total. The first-order valence-electron chi connectivity index (χ1n) is 7.72. The van der Waals surface area contributed by atoms with Crippen molar-refractivity contribution in [1.29, 1.82) is 0 Å². The third-order valence-corrected chi connectivity index (χ3v) is 5.24. The van der Waals surface area contributed by atoms with Gasteiger partial charge in [-0.25, -0.2) is 0 Å². The summed E-state index contributed by atoms with van der Waals surface area (Å²) in [6, 6.07) is 8.31. The van der Waals surface area contributed by atoms with Gasteiger partial charge in [0, 0.05) is 6.04 Å². The van der Waals surface area contributed by atoms with E-state index in [4.69, 9.17) is 4.42 Å². The number of hydrogen-bond donors (Lipinski definition) is 1. The third kappa shape index (κ3) is 2.35. The number of aromatic nitrogens is 1. The minimum absolute atomic E-state index is 0.0216. The number of rotatable bonds is 4. The lowest BCUT2D eigenvalue weighted by Crippen LogP contribution is -2.26. The summed E-state index contributed by atoms with van der Waals surface area (Å²) in [5.41, 5.74) is 1.97. The number of furan rings is 1. The van der Waals surface area contributed by atoms with Crippen molar-refractivity contribution in [3.63, 3.8) is 0 Å². The van der Waals surface area contributed by atoms with Crippen LogP contribution in [-0.4, -0.2) is 10.5 Å². The van der Waals surface area contributed by atoms with Gasteiger partial charge in [-0.05, 0) is 42.5 Å². The van der Waals surface area contributed by atoms with Gasteiger partial charge in [-0.15, -0.1) is 11.3 Å². The standard InChI is InChI=1S/C17H18N2O2S/c20-17(18-11-13-6-3-8-21-13)15-10-16-14(7-9-22-16)19(15)12-4-1-2-5-12/h3,6-10,12H,1-2,4-5,11H2,(H,18,20). The van der Waals surface area contributed by atoms with Crippen LogP contribution < -0.4 is 5.32 Å². The summed E-state index contributed by atoms with van der Waals surface area (Å²) in [6.07, 6.45) is 6.46. The minimum Gasteiger partial charge on any atom is -0.467 e. The van der Waals surface area contributed by atoms with E-state index in [1.165, 1.54) is 23.1 Å². The molecule has 1 aliphatic carbocycles. The van der Waals surface area contributed by atoms with Crippen molar-refractivity contribution >= 4 is 27.5 Å². The van der Waals surface area contributed by atoms with E-state index >= 15 is 0 Å². The fourth-order valence-corrected chi connectivity index (χ4v) is 4.16. The quantitative estimate of drug-likeness (QED) is 0.778. The fraction of sp³-hybridized carbons (Fsp3) is 0.353. The maximum atomic E-state index is 12.6. The number of amides is 1. The Kier molecular flexibility index (Phi) is 3.50. The maximum absolute atomic E-state index is 12.6. The molecule has 114 valence electrons. The summed E-state index contributed by atoms with van der Waals surface area (Å²) < 4.78 is 8.71. The van der Waals surface area contributed by atoms with Crippen LogP contribution in [-0.2, 0) is 6.54 Å². The summed E-state index contributed by atoms with van der Waals surface area (Å²) in [5.74, 6) is 0.751. The number of nitrogens with one attached hydrogen (secondary N) is 1. The molecular formula is C17H18N2O2S. The number of nitrogens with zero attached hydrogens (tertiary/aromatic N) is 1. The maximum Gasteiger partial charge on any atom is 0.268 e. The Morgan fingerprint density at radius 2 is 2.23 bits per heavy atom. The highest BCUT2D eigenvalue weighted by atomic mass is 32.1. The number of carbonyl (C=O) groups excluding carboxylic acids is 1. The average Bonchev–Trinajstić information content (AvgIpc) is 3.26. The van der Waals surface area contributed by atoms with Gasteiger partial charge in [0.1, 0.15) is 11.5 Å². The highest BCUT2D eigenvalue weighted by molar-refractivity contribution is 7.17. The summed E-state index contributed by atoms with van der Waals surface area (Å²) in [6.45, 7) is 0.426. The Morgan fingerprint density at radius 1 is 1.36 bits per heavy atom. The molecule has 0 saturated heterocycles. The van der Waals surface area contributed by atoms with Gasteiger partial charge in [-0.3, -0.25) is 4.79 Å². The molecule has 0 bridgehead atoms. The van der Waals surface area contributed by atoms with Crippen LogP contribution in [0.25, 0.3) is 10.2 Å². The number of thiophene rings is 1. The summed E-state index contributed by atoms with van der Waals surface area (Å²) in [4.78, 5) is 12.6. The molecule has 3 heterocycles. The summed E-state index contributed by atoms with van der Waals surface area (Å²) >= 11 is 1.70. The van der Waals surface area contributed by atoms with Crippen molar-refractivity contribution in [2.45, 2.75) is 38.3 Å². The second-order valence-corrected chi connectivity index (χ2v) is 6.72. The van der Waals surface area contributed by atoms with E-state index in [-0.39, 0.29) is 5.91 Å². The van der Waals surface area contributed by atoms with Crippen LogP contribution in [0.4, 0.5) is 0 Å². The second-order valence-electron chi connectivity index (χ2n) is 5.77. The zero-order valence-electron chi connectivity index (χ0n) is 12.2. The summed E-state index contributed by atoms with van der Waals surface area (Å²) in [7, 11) is 0. The Bertz CT molecular complexity index is 779. The van der Waals surface area contributed by atoms with Gasteiger partial charge < -0.3 is 14.3 Å². The largest absolute Gasteiger partial charge is 0.467 e. The Labute approximate surface area is 132 Å². The molecule has 0 aliphatic heterocycles. The van der Waals surface area contributed by atoms with E-state index < -0.39 is 0 Å². The predicted molar refractivity (Wildman–Crippen MR) is 87.2 cm³/mol. The monoisotopic (exact) mass is 314 g/mol. The highest BCUT2D eigenvalue weighted by Gasteiger charge is 2.24. The van der Waals surface area contributed by atoms with Crippen LogP contribution in [0.5, 0.6) is 0 Å². The molecule has 0 unspecified atom stereocenters. The van der Waals surface area contributed by atoms with E-state index in [1.807, 2.05) is 18.2 Å². The highest BCUT2D eigenvalue weighted by Crippen LogP contribution is 2.36. The molecule has 1 fully saturated rings. The van der Waals surface area contributed by atoms with Crippen LogP contribution in [0.2, 0.25) is 0 Å². The van der Waals surface area contributed by atoms with Gasteiger partial charge >= 0.3 is 0 Å². The first-order chi connectivity index (χ1) is 10.8. The zero-order chi connectivity index (χ0) is 14.9. The van der Waals surface area contributed by atoms with E-state index in [9.17, 15) is 4.79 Å². The predicted octanol–water partition coefficient (Wildman–Crippen LogP) is 4.34. The van der Waals surface area contributed by atoms with Crippen molar-refractivity contribution in [2.24, 2.45) is 0 Å². The normalized spacial score (nSPS) is 15.6. The van der Waals surface area contributed by atoms with Crippen molar-refractivity contribution in [3.8, 4) is 0 Å². The lowest BCUT2D eigenvalue weighted by molar-refractivity contribution is 0.0937. The Hall–Kier alpha value is -2.01. The third-order valence-electron chi connectivity index (χ3n) is 4.39. The number of carbonyl (C=O) groups is 1. The molecule has 1 aliphatic rings. The lowest BCUT2D eigenvalue weighted by Gasteiger charge is -2.17. The van der Waals surface area contributed by atoms with Gasteiger partial charge in [-0.1, -0.05) is 12.8 Å². The molecule has 3 aromatic rings. The average molecular weight is 314 g/mol. The molecule has 0 atom stereocenters. The van der Waals surface area contributed by atoms with Crippen molar-refractivity contribution in [2.75, 3.05) is 0 Å². The zero-order valence-corrected chi connectivity index (χ0v) is 13.1. The number of fused-ring (bicyclic) bond motifs is 1. The van der Waals surface area contributed by atoms with E-state index in [1.54, 1.807) is 17.6 Å². The van der Waals surface area contributed by atoms with E-state index in [0.29, 0.717) is 12.6 Å². The van der Waals surface area contributed by atoms with Crippen LogP contribution >= 0.6 is 11.3 Å². The molecule has 0 spiro atoms. The summed E-state index contributed by atoms with van der Waals surface area (Å²) in [5, 5.41) is 5.06. The van der Waals surface area contributed by atoms with Crippen molar-refractivity contribution < 1.29 is 9.21 Å². The molecule has 4 rings (SSSR count). The molecule has 22 heavy (non-hydrogen) atoms. The van der Waals surface area contributed by atoms with Gasteiger partial charge in [0.05, 0.1) is 23.0 Å². The molecule has 1 amide bonds. The molecule has 0 radical (unpaired) electrons. The first kappa shape index (κ1) is 13.6. The van der Waals surface area contributed by atoms with Crippen molar-refractivity contribution in [3.05, 3.63) is 47.4 Å². The SMILES string of the molecule is O=C(NCc1ccco1)c1cc2sccc2n1C1CCCC1. The van der Waals surface area contributed by atoms with Crippen LogP contribution in [0.15, 0.2) is 40.3 Å². The fourth-order valence-electron chi connectivity index (χ4n) is 3.35. The molecule has 5 heteroatoms. The van der Waals surface area contributed by atoms with Crippen molar-refractivity contribution in [1.82, 2.24) is 9.88 Å². The second kappa shape index (κ2) is 5.65. The lowest BCUT2D eigenvalue weighted by atomic mass is 10.2. The van der Waals surface area contributed by atoms with Gasteiger partial charge in [0.2, 0.25) is 0 Å². The topological polar surface area (TPSA) is 47.2 Å².